The van der Waals surface area contributed by atoms with E-state index in [-0.39, 0.29) is 0 Å². The van der Waals surface area contributed by atoms with Crippen LogP contribution in [-0.4, -0.2) is 54.3 Å². The van der Waals surface area contributed by atoms with Gasteiger partial charge in [-0.05, 0) is 25.6 Å². The molecule has 2 aliphatic heterocycles. The Kier molecular flexibility index (Phi) is 4.20. The average molecular weight is 289 g/mol. The van der Waals surface area contributed by atoms with Gasteiger partial charge < -0.3 is 9.30 Å². The minimum Gasteiger partial charge on any atom is -0.379 e. The first kappa shape index (κ1) is 14.8. The smallest absolute Gasteiger partial charge is 0.0594 e. The summed E-state index contributed by atoms with van der Waals surface area (Å²) in [6, 6.07) is 2.88. The number of rotatable bonds is 3. The second kappa shape index (κ2) is 5.95. The molecule has 1 fully saturated rings. The molecule has 0 aliphatic carbocycles. The summed E-state index contributed by atoms with van der Waals surface area (Å²) >= 11 is 0. The molecule has 116 valence electrons. The Morgan fingerprint density at radius 1 is 1.33 bits per heavy atom. The van der Waals surface area contributed by atoms with Crippen molar-refractivity contribution in [3.8, 4) is 0 Å². The molecule has 2 aliphatic rings. The average Bonchev–Trinajstić information content (AvgIpc) is 2.85. The minimum absolute atomic E-state index is 0.487. The summed E-state index contributed by atoms with van der Waals surface area (Å²) in [6.07, 6.45) is 1.99. The van der Waals surface area contributed by atoms with Gasteiger partial charge in [-0.25, -0.2) is 0 Å². The lowest BCUT2D eigenvalue weighted by Gasteiger charge is -2.34. The van der Waals surface area contributed by atoms with Gasteiger partial charge in [0, 0.05) is 55.7 Å². The highest BCUT2D eigenvalue weighted by Gasteiger charge is 2.30. The molecule has 0 amide bonds. The number of nitrogens with zero attached hydrogens (tertiary/aromatic N) is 3. The van der Waals surface area contributed by atoms with E-state index >= 15 is 0 Å². The van der Waals surface area contributed by atoms with Crippen LogP contribution in [0, 0.1) is 0 Å². The van der Waals surface area contributed by atoms with Gasteiger partial charge >= 0.3 is 0 Å². The Hall–Kier alpha value is -1.10. The van der Waals surface area contributed by atoms with E-state index in [4.69, 9.17) is 4.74 Å². The van der Waals surface area contributed by atoms with E-state index in [2.05, 4.69) is 47.9 Å². The number of hydrogen-bond donors (Lipinski definition) is 0. The molecule has 0 saturated carbocycles. The van der Waals surface area contributed by atoms with Gasteiger partial charge in [-0.2, -0.15) is 0 Å². The van der Waals surface area contributed by atoms with Crippen molar-refractivity contribution in [2.24, 2.45) is 0 Å². The first-order valence-electron chi connectivity index (χ1n) is 7.98. The van der Waals surface area contributed by atoms with Gasteiger partial charge in [-0.1, -0.05) is 13.5 Å². The summed E-state index contributed by atoms with van der Waals surface area (Å²) in [5.74, 6) is 0.553. The van der Waals surface area contributed by atoms with Crippen LogP contribution in [0.1, 0.15) is 42.8 Å². The van der Waals surface area contributed by atoms with Crippen LogP contribution >= 0.6 is 0 Å². The summed E-state index contributed by atoms with van der Waals surface area (Å²) in [5, 5.41) is 0. The van der Waals surface area contributed by atoms with Gasteiger partial charge in [-0.3, -0.25) is 9.80 Å². The van der Waals surface area contributed by atoms with E-state index in [1.54, 1.807) is 0 Å². The Morgan fingerprint density at radius 3 is 2.71 bits per heavy atom. The molecule has 4 nitrogen and oxygen atoms in total. The van der Waals surface area contributed by atoms with E-state index < -0.39 is 0 Å². The van der Waals surface area contributed by atoms with Crippen molar-refractivity contribution in [1.82, 2.24) is 14.4 Å². The molecule has 21 heavy (non-hydrogen) atoms. The lowest BCUT2D eigenvalue weighted by atomic mass is 9.93. The fourth-order valence-electron chi connectivity index (χ4n) is 3.71. The highest BCUT2D eigenvalue weighted by atomic mass is 16.5. The largest absolute Gasteiger partial charge is 0.379 e. The Bertz CT molecular complexity index is 516. The summed E-state index contributed by atoms with van der Waals surface area (Å²) < 4.78 is 7.78. The Balaban J connectivity index is 1.92. The molecule has 0 N–H and O–H groups in total. The van der Waals surface area contributed by atoms with Crippen molar-refractivity contribution in [2.75, 3.05) is 39.9 Å². The number of ether oxygens (including phenoxy) is 1. The second-order valence-corrected chi connectivity index (χ2v) is 6.43. The van der Waals surface area contributed by atoms with Gasteiger partial charge in [0.15, 0.2) is 0 Å². The molecule has 1 aromatic heterocycles. The monoisotopic (exact) mass is 289 g/mol. The van der Waals surface area contributed by atoms with Crippen molar-refractivity contribution < 1.29 is 4.74 Å². The summed E-state index contributed by atoms with van der Waals surface area (Å²) in [7, 11) is 2.22. The lowest BCUT2D eigenvalue weighted by molar-refractivity contribution is 0.0335. The molecule has 0 aromatic carbocycles. The van der Waals surface area contributed by atoms with E-state index in [1.165, 1.54) is 17.0 Å². The minimum atomic E-state index is 0.487. The topological polar surface area (TPSA) is 20.6 Å². The summed E-state index contributed by atoms with van der Waals surface area (Å²) in [6.45, 7) is 14.5. The third-order valence-corrected chi connectivity index (χ3v) is 5.00. The van der Waals surface area contributed by atoms with Crippen molar-refractivity contribution in [3.05, 3.63) is 29.6 Å². The highest BCUT2D eigenvalue weighted by molar-refractivity contribution is 5.42. The van der Waals surface area contributed by atoms with Gasteiger partial charge in [0.1, 0.15) is 0 Å². The molecular weight excluding hydrogens is 262 g/mol. The van der Waals surface area contributed by atoms with Crippen molar-refractivity contribution >= 4 is 6.20 Å². The van der Waals surface area contributed by atoms with Crippen LogP contribution < -0.4 is 0 Å². The summed E-state index contributed by atoms with van der Waals surface area (Å²) in [5.41, 5.74) is 4.30. The number of fused-ring (bicyclic) bond motifs is 1. The molecule has 1 saturated heterocycles. The van der Waals surface area contributed by atoms with Crippen molar-refractivity contribution in [2.45, 2.75) is 32.4 Å². The fraction of sp³-hybridized carbons (Fsp3) is 0.647. The van der Waals surface area contributed by atoms with Crippen LogP contribution in [-0.2, 0) is 11.3 Å². The van der Waals surface area contributed by atoms with Crippen LogP contribution in [0.2, 0.25) is 0 Å². The van der Waals surface area contributed by atoms with Gasteiger partial charge in [0.05, 0.1) is 13.2 Å². The molecule has 0 radical (unpaired) electrons. The molecule has 2 unspecified atom stereocenters. The van der Waals surface area contributed by atoms with Crippen molar-refractivity contribution in [3.63, 3.8) is 0 Å². The lowest BCUT2D eigenvalue weighted by Crippen LogP contribution is -2.36. The molecule has 3 heterocycles. The van der Waals surface area contributed by atoms with Crippen LogP contribution in [0.5, 0.6) is 0 Å². The third kappa shape index (κ3) is 2.68. The highest BCUT2D eigenvalue weighted by Crippen LogP contribution is 2.37. The number of aromatic nitrogens is 1. The van der Waals surface area contributed by atoms with Crippen LogP contribution in [0.15, 0.2) is 12.6 Å². The Labute approximate surface area is 128 Å². The number of likely N-dealkylation sites (N-methyl/N-ethyl adjacent to an activating group) is 1. The predicted octanol–water partition coefficient (Wildman–Crippen LogP) is 2.53. The number of hydrogen-bond acceptors (Lipinski definition) is 3. The molecule has 2 atom stereocenters. The molecule has 4 heteroatoms. The number of morpholine rings is 1. The SMILES string of the molecule is C=Cn1c(CN2CCOCC2)cc2c1C(C)CN(C)C2C. The van der Waals surface area contributed by atoms with Gasteiger partial charge in [0.2, 0.25) is 0 Å². The van der Waals surface area contributed by atoms with E-state index in [0.29, 0.717) is 12.0 Å². The van der Waals surface area contributed by atoms with Crippen molar-refractivity contribution in [1.29, 1.82) is 0 Å². The quantitative estimate of drug-likeness (QED) is 0.853. The zero-order chi connectivity index (χ0) is 15.0. The molecule has 0 spiro atoms. The molecule has 1 aromatic rings. The first-order chi connectivity index (χ1) is 10.1. The normalized spacial score (nSPS) is 27.6. The zero-order valence-corrected chi connectivity index (χ0v) is 13.5. The molecule has 3 rings (SSSR count). The predicted molar refractivity (Wildman–Crippen MR) is 86.4 cm³/mol. The third-order valence-electron chi connectivity index (χ3n) is 5.00. The van der Waals surface area contributed by atoms with E-state index in [1.807, 2.05) is 6.20 Å². The summed E-state index contributed by atoms with van der Waals surface area (Å²) in [4.78, 5) is 4.92. The van der Waals surface area contributed by atoms with Gasteiger partial charge in [0.25, 0.3) is 0 Å². The molecule has 0 bridgehead atoms. The van der Waals surface area contributed by atoms with Crippen LogP contribution in [0.4, 0.5) is 0 Å². The van der Waals surface area contributed by atoms with E-state index in [9.17, 15) is 0 Å². The standard InChI is InChI=1S/C17H27N3O/c1-5-20-15(12-19-6-8-21-9-7-19)10-16-14(3)18(4)11-13(2)17(16)20/h5,10,13-14H,1,6-9,11-12H2,2-4H3. The second-order valence-electron chi connectivity index (χ2n) is 6.43. The van der Waals surface area contributed by atoms with Crippen LogP contribution in [0.3, 0.4) is 0 Å². The zero-order valence-electron chi connectivity index (χ0n) is 13.5. The maximum Gasteiger partial charge on any atom is 0.0594 e. The van der Waals surface area contributed by atoms with E-state index in [0.717, 1.165) is 39.4 Å². The Morgan fingerprint density at radius 2 is 2.05 bits per heavy atom. The first-order valence-corrected chi connectivity index (χ1v) is 7.98. The molecular formula is C17H27N3O. The fourth-order valence-corrected chi connectivity index (χ4v) is 3.71. The van der Waals surface area contributed by atoms with Gasteiger partial charge in [-0.15, -0.1) is 0 Å². The maximum absolute atomic E-state index is 5.45. The maximum atomic E-state index is 5.45. The van der Waals surface area contributed by atoms with Crippen LogP contribution in [0.25, 0.3) is 6.20 Å².